The molecule has 0 fully saturated rings. The summed E-state index contributed by atoms with van der Waals surface area (Å²) in [5.41, 5.74) is 4.13. The van der Waals surface area contributed by atoms with Gasteiger partial charge >= 0.3 is 0 Å². The van der Waals surface area contributed by atoms with Crippen molar-refractivity contribution in [1.82, 2.24) is 4.90 Å². The first-order chi connectivity index (χ1) is 12.0. The molecule has 0 spiro atoms. The Morgan fingerprint density at radius 1 is 0.960 bits per heavy atom. The highest BCUT2D eigenvalue weighted by molar-refractivity contribution is 5.93. The predicted octanol–water partition coefficient (Wildman–Crippen LogP) is 3.76. The Kier molecular flexibility index (Phi) is 9.51. The smallest absolute Gasteiger partial charge is 0.238 e. The number of nitrogens with zero attached hydrogens (tertiary/aromatic N) is 1. The van der Waals surface area contributed by atoms with Crippen LogP contribution < -0.4 is 5.32 Å². The van der Waals surface area contributed by atoms with Crippen LogP contribution in [-0.2, 0) is 11.4 Å². The van der Waals surface area contributed by atoms with Crippen LogP contribution in [0.4, 0.5) is 5.69 Å². The lowest BCUT2D eigenvalue weighted by Crippen LogP contribution is -2.33. The van der Waals surface area contributed by atoms with E-state index >= 15 is 0 Å². The molecular weight excluding hydrogens is 312 g/mol. The van der Waals surface area contributed by atoms with Crippen molar-refractivity contribution in [3.05, 3.63) is 65.2 Å². The van der Waals surface area contributed by atoms with Crippen LogP contribution in [0.2, 0.25) is 0 Å². The summed E-state index contributed by atoms with van der Waals surface area (Å²) in [6, 6.07) is 15.6. The molecule has 0 bridgehead atoms. The summed E-state index contributed by atoms with van der Waals surface area (Å²) >= 11 is 0. The molecule has 0 saturated heterocycles. The third kappa shape index (κ3) is 7.50. The van der Waals surface area contributed by atoms with Crippen LogP contribution in [0.25, 0.3) is 0 Å². The fourth-order valence-electron chi connectivity index (χ4n) is 2.42. The van der Waals surface area contributed by atoms with Crippen LogP contribution in [0.1, 0.15) is 30.5 Å². The first-order valence-electron chi connectivity index (χ1n) is 8.75. The van der Waals surface area contributed by atoms with Crippen molar-refractivity contribution >= 4 is 11.6 Å². The molecule has 0 unspecified atom stereocenters. The Labute approximate surface area is 151 Å². The number of carbonyl (C=O) groups excluding carboxylic acids is 1. The van der Waals surface area contributed by atoms with Gasteiger partial charge in [0.25, 0.3) is 0 Å². The van der Waals surface area contributed by atoms with Gasteiger partial charge in [0.05, 0.1) is 13.2 Å². The number of nitrogens with one attached hydrogen (secondary N) is 1. The SMILES string of the molecule is CCN(CC)CC(=O)Nc1c(C)cccc1C.OCc1ccccc1. The fraction of sp³-hybridized carbons (Fsp3) is 0.381. The van der Waals surface area contributed by atoms with Crippen molar-refractivity contribution in [3.8, 4) is 0 Å². The van der Waals surface area contributed by atoms with Crippen LogP contribution >= 0.6 is 0 Å². The van der Waals surface area contributed by atoms with Gasteiger partial charge in [-0.2, -0.15) is 0 Å². The summed E-state index contributed by atoms with van der Waals surface area (Å²) in [7, 11) is 0. The molecule has 0 atom stereocenters. The lowest BCUT2D eigenvalue weighted by atomic mass is 10.1. The van der Waals surface area contributed by atoms with Crippen molar-refractivity contribution in [3.63, 3.8) is 0 Å². The van der Waals surface area contributed by atoms with Gasteiger partial charge in [0.15, 0.2) is 0 Å². The number of aliphatic hydroxyl groups is 1. The van der Waals surface area contributed by atoms with Gasteiger partial charge in [0.2, 0.25) is 5.91 Å². The summed E-state index contributed by atoms with van der Waals surface area (Å²) in [6.45, 7) is 10.6. The van der Waals surface area contributed by atoms with E-state index in [-0.39, 0.29) is 12.5 Å². The predicted molar refractivity (Wildman–Crippen MR) is 105 cm³/mol. The van der Waals surface area contributed by atoms with Gasteiger partial charge in [-0.05, 0) is 43.6 Å². The van der Waals surface area contributed by atoms with Crippen molar-refractivity contribution in [2.45, 2.75) is 34.3 Å². The highest BCUT2D eigenvalue weighted by Gasteiger charge is 2.09. The van der Waals surface area contributed by atoms with Gasteiger partial charge in [-0.15, -0.1) is 0 Å². The molecule has 0 heterocycles. The molecule has 4 nitrogen and oxygen atoms in total. The van der Waals surface area contributed by atoms with Crippen LogP contribution in [0.5, 0.6) is 0 Å². The molecule has 4 heteroatoms. The van der Waals surface area contributed by atoms with E-state index in [0.29, 0.717) is 6.54 Å². The van der Waals surface area contributed by atoms with E-state index < -0.39 is 0 Å². The number of anilines is 1. The second-order valence-electron chi connectivity index (χ2n) is 5.92. The molecule has 136 valence electrons. The van der Waals surface area contributed by atoms with E-state index in [9.17, 15) is 4.79 Å². The number of aliphatic hydroxyl groups excluding tert-OH is 1. The zero-order valence-electron chi connectivity index (χ0n) is 15.7. The van der Waals surface area contributed by atoms with Crippen molar-refractivity contribution in [1.29, 1.82) is 0 Å². The monoisotopic (exact) mass is 342 g/mol. The van der Waals surface area contributed by atoms with Crippen molar-refractivity contribution < 1.29 is 9.90 Å². The molecule has 2 aromatic rings. The van der Waals surface area contributed by atoms with E-state index in [2.05, 4.69) is 24.1 Å². The lowest BCUT2D eigenvalue weighted by molar-refractivity contribution is -0.117. The number of hydrogen-bond donors (Lipinski definition) is 2. The molecule has 25 heavy (non-hydrogen) atoms. The maximum Gasteiger partial charge on any atom is 0.238 e. The minimum atomic E-state index is 0.0612. The summed E-state index contributed by atoms with van der Waals surface area (Å²) in [6.07, 6.45) is 0. The van der Waals surface area contributed by atoms with E-state index in [0.717, 1.165) is 35.5 Å². The highest BCUT2D eigenvalue weighted by atomic mass is 16.3. The Balaban J connectivity index is 0.000000324. The maximum atomic E-state index is 11.9. The van der Waals surface area contributed by atoms with Crippen LogP contribution in [0, 0.1) is 13.8 Å². The second-order valence-corrected chi connectivity index (χ2v) is 5.92. The zero-order chi connectivity index (χ0) is 18.7. The standard InChI is InChI=1S/C14H22N2O.C7H8O/c1-5-16(6-2)10-13(17)15-14-11(3)8-7-9-12(14)4;8-6-7-4-2-1-3-5-7/h7-9H,5-6,10H2,1-4H3,(H,15,17);1-5,8H,6H2. The number of amides is 1. The van der Waals surface area contributed by atoms with E-state index in [4.69, 9.17) is 5.11 Å². The number of hydrogen-bond acceptors (Lipinski definition) is 3. The number of aryl methyl sites for hydroxylation is 2. The number of likely N-dealkylation sites (N-methyl/N-ethyl adjacent to an activating group) is 1. The number of para-hydroxylation sites is 1. The molecule has 0 saturated carbocycles. The number of carbonyl (C=O) groups is 1. The molecule has 0 aliphatic carbocycles. The van der Waals surface area contributed by atoms with Crippen molar-refractivity contribution in [2.24, 2.45) is 0 Å². The Morgan fingerprint density at radius 2 is 1.52 bits per heavy atom. The highest BCUT2D eigenvalue weighted by Crippen LogP contribution is 2.19. The molecule has 0 aliphatic rings. The normalized spacial score (nSPS) is 10.2. The summed E-state index contributed by atoms with van der Waals surface area (Å²) < 4.78 is 0. The number of rotatable bonds is 6. The quantitative estimate of drug-likeness (QED) is 0.840. The number of benzene rings is 2. The zero-order valence-corrected chi connectivity index (χ0v) is 15.7. The topological polar surface area (TPSA) is 52.6 Å². The van der Waals surface area contributed by atoms with Gasteiger partial charge in [-0.1, -0.05) is 62.4 Å². The minimum Gasteiger partial charge on any atom is -0.392 e. The van der Waals surface area contributed by atoms with Crippen molar-refractivity contribution in [2.75, 3.05) is 25.0 Å². The molecule has 0 aliphatic heterocycles. The largest absolute Gasteiger partial charge is 0.392 e. The van der Waals surface area contributed by atoms with Gasteiger partial charge < -0.3 is 10.4 Å². The van der Waals surface area contributed by atoms with Crippen LogP contribution in [-0.4, -0.2) is 35.5 Å². The summed E-state index contributed by atoms with van der Waals surface area (Å²) in [4.78, 5) is 14.0. The fourth-order valence-corrected chi connectivity index (χ4v) is 2.42. The van der Waals surface area contributed by atoms with Gasteiger partial charge in [0.1, 0.15) is 0 Å². The van der Waals surface area contributed by atoms with E-state index in [1.54, 1.807) is 0 Å². The molecule has 1 amide bonds. The second kappa shape index (κ2) is 11.4. The van der Waals surface area contributed by atoms with Crippen LogP contribution in [0.3, 0.4) is 0 Å². The molecule has 0 radical (unpaired) electrons. The summed E-state index contributed by atoms with van der Waals surface area (Å²) in [5.74, 6) is 0.0612. The molecule has 2 aromatic carbocycles. The third-order valence-corrected chi connectivity index (χ3v) is 4.03. The molecule has 0 aromatic heterocycles. The first-order valence-corrected chi connectivity index (χ1v) is 8.75. The lowest BCUT2D eigenvalue weighted by Gasteiger charge is -2.18. The van der Waals surface area contributed by atoms with E-state index in [1.807, 2.05) is 62.4 Å². The third-order valence-electron chi connectivity index (χ3n) is 4.03. The average Bonchev–Trinajstić information content (AvgIpc) is 2.64. The average molecular weight is 342 g/mol. The van der Waals surface area contributed by atoms with Gasteiger partial charge in [-0.3, -0.25) is 9.69 Å². The van der Waals surface area contributed by atoms with E-state index in [1.165, 1.54) is 0 Å². The first kappa shape index (κ1) is 20.9. The summed E-state index contributed by atoms with van der Waals surface area (Å²) in [5, 5.41) is 11.5. The van der Waals surface area contributed by atoms with Crippen LogP contribution in [0.15, 0.2) is 48.5 Å². The molecule has 2 rings (SSSR count). The minimum absolute atomic E-state index is 0.0612. The maximum absolute atomic E-state index is 11.9. The Hall–Kier alpha value is -2.17. The van der Waals surface area contributed by atoms with Gasteiger partial charge in [0, 0.05) is 5.69 Å². The molecule has 2 N–H and O–H groups in total. The molecular formula is C21H30N2O2. The van der Waals surface area contributed by atoms with Gasteiger partial charge in [-0.25, -0.2) is 0 Å². The Morgan fingerprint density at radius 3 is 1.96 bits per heavy atom. The Bertz CT molecular complexity index is 617.